The molecule has 2 fully saturated rings. The molecule has 2 aromatic carbocycles. The highest BCUT2D eigenvalue weighted by atomic mass is 35.5. The van der Waals surface area contributed by atoms with E-state index in [1.807, 2.05) is 29.2 Å². The number of carbonyl (C=O) groups excluding carboxylic acids is 1. The maximum Gasteiger partial charge on any atom is 0.416 e. The van der Waals surface area contributed by atoms with Crippen LogP contribution >= 0.6 is 12.4 Å². The molecular weight excluding hydrogens is 497 g/mol. The van der Waals surface area contributed by atoms with Crippen molar-refractivity contribution in [2.24, 2.45) is 5.73 Å². The Bertz CT molecular complexity index is 1040. The lowest BCUT2D eigenvalue weighted by atomic mass is 9.79. The third-order valence-electron chi connectivity index (χ3n) is 7.26. The number of likely N-dealkylation sites (tertiary alicyclic amines) is 1. The molecule has 2 heterocycles. The normalized spacial score (nSPS) is 25.6. The summed E-state index contributed by atoms with van der Waals surface area (Å²) in [5.74, 6) is 0.547. The number of benzene rings is 2. The van der Waals surface area contributed by atoms with Gasteiger partial charge in [-0.2, -0.15) is 13.2 Å². The first-order chi connectivity index (χ1) is 16.6. The van der Waals surface area contributed by atoms with Crippen molar-refractivity contribution in [2.45, 2.75) is 56.0 Å². The van der Waals surface area contributed by atoms with Crippen molar-refractivity contribution in [1.82, 2.24) is 4.90 Å². The molecule has 0 radical (unpaired) electrons. The van der Waals surface area contributed by atoms with Crippen molar-refractivity contribution in [3.05, 3.63) is 59.7 Å². The van der Waals surface area contributed by atoms with Gasteiger partial charge < -0.3 is 19.9 Å². The molecule has 2 aromatic rings. The molecule has 0 bridgehead atoms. The van der Waals surface area contributed by atoms with E-state index >= 15 is 0 Å². The monoisotopic (exact) mass is 528 g/mol. The molecule has 4 atom stereocenters. The fraction of sp³-hybridized carbons (Fsp3) is 0.500. The van der Waals surface area contributed by atoms with Gasteiger partial charge in [0.25, 0.3) is 0 Å². The smallest absolute Gasteiger partial charge is 0.416 e. The number of hydrogen-bond donors (Lipinski definition) is 1. The van der Waals surface area contributed by atoms with Crippen molar-refractivity contribution in [3.8, 4) is 11.5 Å². The number of nitrogens with zero attached hydrogens (tertiary/aromatic N) is 1. The number of primary amides is 1. The molecule has 2 N–H and O–H groups in total. The minimum Gasteiger partial charge on any atom is -0.497 e. The van der Waals surface area contributed by atoms with E-state index in [4.69, 9.17) is 19.9 Å². The first-order valence-corrected chi connectivity index (χ1v) is 11.8. The highest BCUT2D eigenvalue weighted by Gasteiger charge is 2.50. The van der Waals surface area contributed by atoms with Gasteiger partial charge in [-0.15, -0.1) is 12.4 Å². The third kappa shape index (κ3) is 5.90. The predicted molar refractivity (Wildman–Crippen MR) is 132 cm³/mol. The molecule has 3 unspecified atom stereocenters. The Balaban J connectivity index is 0.00000361. The van der Waals surface area contributed by atoms with E-state index in [-0.39, 0.29) is 36.3 Å². The summed E-state index contributed by atoms with van der Waals surface area (Å²) < 4.78 is 56.4. The van der Waals surface area contributed by atoms with E-state index in [2.05, 4.69) is 6.92 Å². The molecule has 4 rings (SSSR count). The topological polar surface area (TPSA) is 74.0 Å². The van der Waals surface area contributed by atoms with Gasteiger partial charge in [-0.25, -0.2) is 0 Å². The van der Waals surface area contributed by atoms with Gasteiger partial charge in [0.1, 0.15) is 23.1 Å². The van der Waals surface area contributed by atoms with Crippen LogP contribution in [0.4, 0.5) is 13.2 Å². The number of alkyl halides is 3. The van der Waals surface area contributed by atoms with E-state index in [0.717, 1.165) is 23.4 Å². The molecule has 6 nitrogen and oxygen atoms in total. The van der Waals surface area contributed by atoms with E-state index in [9.17, 15) is 18.0 Å². The number of halogens is 4. The summed E-state index contributed by atoms with van der Waals surface area (Å²) in [6, 6.07) is 12.6. The Kier molecular flexibility index (Phi) is 8.80. The average Bonchev–Trinajstić information content (AvgIpc) is 3.32. The Labute approximate surface area is 215 Å². The minimum absolute atomic E-state index is 0. The van der Waals surface area contributed by atoms with Crippen molar-refractivity contribution in [1.29, 1.82) is 0 Å². The molecule has 0 aromatic heterocycles. The fourth-order valence-corrected chi connectivity index (χ4v) is 5.13. The van der Waals surface area contributed by atoms with E-state index in [1.54, 1.807) is 7.11 Å². The van der Waals surface area contributed by atoms with Crippen LogP contribution in [0.2, 0.25) is 0 Å². The van der Waals surface area contributed by atoms with Crippen LogP contribution in [0.1, 0.15) is 43.2 Å². The molecular formula is C26H32ClF3N2O4. The number of rotatable bonds is 7. The van der Waals surface area contributed by atoms with Gasteiger partial charge in [-0.05, 0) is 48.7 Å². The van der Waals surface area contributed by atoms with Crippen molar-refractivity contribution in [3.63, 3.8) is 0 Å². The first kappa shape index (κ1) is 28.1. The van der Waals surface area contributed by atoms with Crippen LogP contribution in [0, 0.1) is 0 Å². The minimum atomic E-state index is -4.44. The number of hydrogen-bond acceptors (Lipinski definition) is 5. The van der Waals surface area contributed by atoms with Gasteiger partial charge >= 0.3 is 6.18 Å². The lowest BCUT2D eigenvalue weighted by Crippen LogP contribution is -2.61. The van der Waals surface area contributed by atoms with Gasteiger partial charge in [0.15, 0.2) is 0 Å². The first-order valence-electron chi connectivity index (χ1n) is 11.8. The maximum atomic E-state index is 13.1. The van der Waals surface area contributed by atoms with Gasteiger partial charge in [0.05, 0.1) is 18.8 Å². The highest BCUT2D eigenvalue weighted by molar-refractivity contribution is 5.85. The second-order valence-corrected chi connectivity index (χ2v) is 9.32. The largest absolute Gasteiger partial charge is 0.497 e. The molecule has 2 saturated heterocycles. The predicted octanol–water partition coefficient (Wildman–Crippen LogP) is 4.80. The SMILES string of the molecule is COc1ccc([C@H](C)C2CC(C(N)=O)(N3CCC(Oc4cccc(C(F)(F)F)c4)C3)CCO2)cc1.Cl. The number of carbonyl (C=O) groups is 1. The number of ether oxygens (including phenoxy) is 3. The fourth-order valence-electron chi connectivity index (χ4n) is 5.13. The van der Waals surface area contributed by atoms with Gasteiger partial charge in [-0.3, -0.25) is 9.69 Å². The van der Waals surface area contributed by atoms with Crippen molar-refractivity contribution in [2.75, 3.05) is 26.8 Å². The molecule has 0 saturated carbocycles. The summed E-state index contributed by atoms with van der Waals surface area (Å²) in [6.07, 6.45) is -3.50. The lowest BCUT2D eigenvalue weighted by molar-refractivity contribution is -0.142. The van der Waals surface area contributed by atoms with Crippen molar-refractivity contribution >= 4 is 18.3 Å². The van der Waals surface area contributed by atoms with Crippen LogP contribution in [0.15, 0.2) is 48.5 Å². The van der Waals surface area contributed by atoms with Crippen LogP contribution in [-0.4, -0.2) is 55.4 Å². The second-order valence-electron chi connectivity index (χ2n) is 9.32. The molecule has 1 amide bonds. The Hall–Kier alpha value is -2.49. The van der Waals surface area contributed by atoms with Crippen LogP contribution in [0.25, 0.3) is 0 Å². The Morgan fingerprint density at radius 3 is 2.56 bits per heavy atom. The molecule has 198 valence electrons. The lowest BCUT2D eigenvalue weighted by Gasteiger charge is -2.46. The maximum absolute atomic E-state index is 13.1. The summed E-state index contributed by atoms with van der Waals surface area (Å²) in [7, 11) is 1.62. The van der Waals surface area contributed by atoms with Gasteiger partial charge in [0, 0.05) is 32.0 Å². The van der Waals surface area contributed by atoms with E-state index < -0.39 is 23.2 Å². The van der Waals surface area contributed by atoms with E-state index in [0.29, 0.717) is 39.0 Å². The van der Waals surface area contributed by atoms with Gasteiger partial charge in [0.2, 0.25) is 5.91 Å². The number of nitrogens with two attached hydrogens (primary N) is 1. The summed E-state index contributed by atoms with van der Waals surface area (Å²) in [5.41, 5.74) is 5.40. The summed E-state index contributed by atoms with van der Waals surface area (Å²) >= 11 is 0. The standard InChI is InChI=1S/C26H31F3N2O4.ClH/c1-17(18-6-8-20(33-2)9-7-18)23-15-25(24(30)32,11-13-34-23)31-12-10-22(16-31)35-21-5-3-4-19(14-21)26(27,28)29;/h3-9,14,17,22-23H,10-13,15-16H2,1-2H3,(H2,30,32);1H/t17-,22?,23?,25?;/m0./s1. The molecule has 2 aliphatic rings. The van der Waals surface area contributed by atoms with Crippen LogP contribution < -0.4 is 15.2 Å². The quantitative estimate of drug-likeness (QED) is 0.559. The van der Waals surface area contributed by atoms with Crippen LogP contribution in [-0.2, 0) is 15.7 Å². The van der Waals surface area contributed by atoms with Crippen LogP contribution in [0.5, 0.6) is 11.5 Å². The molecule has 0 spiro atoms. The average molecular weight is 529 g/mol. The molecule has 0 aliphatic carbocycles. The zero-order chi connectivity index (χ0) is 25.2. The zero-order valence-electron chi connectivity index (χ0n) is 20.3. The number of amides is 1. The van der Waals surface area contributed by atoms with Crippen molar-refractivity contribution < 1.29 is 32.2 Å². The molecule has 10 heteroatoms. The van der Waals surface area contributed by atoms with Crippen LogP contribution in [0.3, 0.4) is 0 Å². The Morgan fingerprint density at radius 1 is 1.19 bits per heavy atom. The van der Waals surface area contributed by atoms with E-state index in [1.165, 1.54) is 12.1 Å². The summed E-state index contributed by atoms with van der Waals surface area (Å²) in [5, 5.41) is 0. The Morgan fingerprint density at radius 2 is 1.92 bits per heavy atom. The summed E-state index contributed by atoms with van der Waals surface area (Å²) in [4.78, 5) is 14.8. The highest BCUT2D eigenvalue weighted by Crippen LogP contribution is 2.39. The molecule has 36 heavy (non-hydrogen) atoms. The number of methoxy groups -OCH3 is 1. The zero-order valence-corrected chi connectivity index (χ0v) is 21.1. The van der Waals surface area contributed by atoms with Gasteiger partial charge in [-0.1, -0.05) is 25.1 Å². The second kappa shape index (κ2) is 11.3. The molecule has 2 aliphatic heterocycles. The third-order valence-corrected chi connectivity index (χ3v) is 7.26. The summed E-state index contributed by atoms with van der Waals surface area (Å²) in [6.45, 7) is 3.43.